The number of hydrogen-bond donors (Lipinski definition) is 1. The van der Waals surface area contributed by atoms with Gasteiger partial charge in [-0.25, -0.2) is 0 Å². The third-order valence-corrected chi connectivity index (χ3v) is 4.25. The van der Waals surface area contributed by atoms with Crippen LogP contribution in [0.25, 0.3) is 0 Å². The molecule has 2 aromatic rings. The van der Waals surface area contributed by atoms with Gasteiger partial charge in [0.2, 0.25) is 0 Å². The Hall–Kier alpha value is -1.98. The van der Waals surface area contributed by atoms with Crippen molar-refractivity contribution in [1.82, 2.24) is 4.90 Å². The highest BCUT2D eigenvalue weighted by Gasteiger charge is 2.31. The van der Waals surface area contributed by atoms with Crippen LogP contribution in [0, 0.1) is 0 Å². The Kier molecular flexibility index (Phi) is 4.88. The molecule has 0 saturated carbocycles. The minimum absolute atomic E-state index is 0.0422. The first-order valence-electron chi connectivity index (χ1n) is 7.69. The number of rotatable bonds is 5. The molecule has 23 heavy (non-hydrogen) atoms. The summed E-state index contributed by atoms with van der Waals surface area (Å²) in [4.78, 5) is 2.19. The van der Waals surface area contributed by atoms with E-state index >= 15 is 0 Å². The Labute approximate surface area is 134 Å². The smallest absolute Gasteiger partial charge is 0.387 e. The van der Waals surface area contributed by atoms with Crippen molar-refractivity contribution < 1.29 is 13.5 Å². The summed E-state index contributed by atoms with van der Waals surface area (Å²) in [7, 11) is 0. The molecule has 0 unspecified atom stereocenters. The van der Waals surface area contributed by atoms with E-state index in [4.69, 9.17) is 5.73 Å². The van der Waals surface area contributed by atoms with Crippen LogP contribution in [0.15, 0.2) is 54.6 Å². The molecule has 0 aromatic heterocycles. The van der Waals surface area contributed by atoms with E-state index in [1.165, 1.54) is 5.56 Å². The van der Waals surface area contributed by atoms with Crippen molar-refractivity contribution in [3.63, 3.8) is 0 Å². The molecule has 1 heterocycles. The fourth-order valence-corrected chi connectivity index (χ4v) is 3.18. The third kappa shape index (κ3) is 3.86. The second kappa shape index (κ2) is 7.06. The fourth-order valence-electron chi connectivity index (χ4n) is 3.18. The Morgan fingerprint density at radius 3 is 2.48 bits per heavy atom. The summed E-state index contributed by atoms with van der Waals surface area (Å²) >= 11 is 0. The van der Waals surface area contributed by atoms with Crippen molar-refractivity contribution in [3.05, 3.63) is 65.7 Å². The summed E-state index contributed by atoms with van der Waals surface area (Å²) < 4.78 is 29.6. The Balaban J connectivity index is 1.70. The largest absolute Gasteiger partial charge is 0.434 e. The molecule has 0 amide bonds. The van der Waals surface area contributed by atoms with Gasteiger partial charge in [0.1, 0.15) is 5.75 Å². The van der Waals surface area contributed by atoms with E-state index in [0.29, 0.717) is 6.54 Å². The number of benzene rings is 2. The molecular formula is C18H20F2N2O. The normalized spacial score (nSPS) is 21.7. The zero-order chi connectivity index (χ0) is 16.2. The second-order valence-electron chi connectivity index (χ2n) is 5.86. The topological polar surface area (TPSA) is 38.5 Å². The van der Waals surface area contributed by atoms with Crippen LogP contribution in [-0.4, -0.2) is 30.6 Å². The van der Waals surface area contributed by atoms with Gasteiger partial charge in [0.05, 0.1) is 0 Å². The van der Waals surface area contributed by atoms with Crippen molar-refractivity contribution in [2.45, 2.75) is 25.1 Å². The Morgan fingerprint density at radius 1 is 1.04 bits per heavy atom. The van der Waals surface area contributed by atoms with Gasteiger partial charge in [0.15, 0.2) is 0 Å². The Morgan fingerprint density at radius 2 is 1.74 bits per heavy atom. The highest BCUT2D eigenvalue weighted by atomic mass is 19.3. The molecule has 1 aliphatic heterocycles. The lowest BCUT2D eigenvalue weighted by atomic mass is 9.95. The summed E-state index contributed by atoms with van der Waals surface area (Å²) in [6.45, 7) is -0.703. The lowest BCUT2D eigenvalue weighted by molar-refractivity contribution is -0.0507. The first kappa shape index (κ1) is 15.9. The predicted octanol–water partition coefficient (Wildman–Crippen LogP) is 3.21. The summed E-state index contributed by atoms with van der Waals surface area (Å²) in [5, 5.41) is 0. The SMILES string of the molecule is N[C@@H]1CN(Cc2ccccc2OC(F)F)C[C@H]1c1ccccc1. The summed E-state index contributed by atoms with van der Waals surface area (Å²) in [6, 6.07) is 17.1. The van der Waals surface area contributed by atoms with E-state index in [1.807, 2.05) is 30.3 Å². The van der Waals surface area contributed by atoms with Crippen molar-refractivity contribution in [3.8, 4) is 5.75 Å². The van der Waals surface area contributed by atoms with Crippen LogP contribution in [0.5, 0.6) is 5.75 Å². The molecule has 3 nitrogen and oxygen atoms in total. The predicted molar refractivity (Wildman–Crippen MR) is 85.5 cm³/mol. The molecule has 1 saturated heterocycles. The number of nitrogens with zero attached hydrogens (tertiary/aromatic N) is 1. The molecule has 2 N–H and O–H groups in total. The minimum atomic E-state index is -2.81. The van der Waals surface area contributed by atoms with Crippen molar-refractivity contribution in [2.75, 3.05) is 13.1 Å². The lowest BCUT2D eigenvalue weighted by Crippen LogP contribution is -2.28. The van der Waals surface area contributed by atoms with Gasteiger partial charge in [-0.2, -0.15) is 8.78 Å². The van der Waals surface area contributed by atoms with Crippen LogP contribution in [0.4, 0.5) is 8.78 Å². The van der Waals surface area contributed by atoms with Gasteiger partial charge in [-0.3, -0.25) is 4.90 Å². The standard InChI is InChI=1S/C18H20F2N2O/c19-18(20)23-17-9-5-4-8-14(17)10-22-11-15(16(21)12-22)13-6-2-1-3-7-13/h1-9,15-16,18H,10-12,21H2/t15-,16+/m0/s1. The van der Waals surface area contributed by atoms with Gasteiger partial charge in [-0.15, -0.1) is 0 Å². The average molecular weight is 318 g/mol. The quantitative estimate of drug-likeness (QED) is 0.920. The van der Waals surface area contributed by atoms with Crippen LogP contribution in [0.2, 0.25) is 0 Å². The van der Waals surface area contributed by atoms with Crippen LogP contribution in [-0.2, 0) is 6.54 Å². The zero-order valence-corrected chi connectivity index (χ0v) is 12.7. The van der Waals surface area contributed by atoms with Crippen LogP contribution in [0.3, 0.4) is 0 Å². The van der Waals surface area contributed by atoms with Crippen molar-refractivity contribution in [2.24, 2.45) is 5.73 Å². The fraction of sp³-hybridized carbons (Fsp3) is 0.333. The molecule has 0 spiro atoms. The number of hydrogen-bond acceptors (Lipinski definition) is 3. The number of halogens is 2. The molecule has 0 radical (unpaired) electrons. The number of para-hydroxylation sites is 1. The van der Waals surface area contributed by atoms with E-state index in [-0.39, 0.29) is 17.7 Å². The number of likely N-dealkylation sites (tertiary alicyclic amines) is 1. The minimum Gasteiger partial charge on any atom is -0.434 e. The summed E-state index contributed by atoms with van der Waals surface area (Å²) in [5.41, 5.74) is 8.26. The second-order valence-corrected chi connectivity index (χ2v) is 5.86. The summed E-state index contributed by atoms with van der Waals surface area (Å²) in [6.07, 6.45) is 0. The molecule has 0 bridgehead atoms. The van der Waals surface area contributed by atoms with E-state index < -0.39 is 6.61 Å². The van der Waals surface area contributed by atoms with Gasteiger partial charge in [0, 0.05) is 37.2 Å². The van der Waals surface area contributed by atoms with Crippen molar-refractivity contribution >= 4 is 0 Å². The maximum Gasteiger partial charge on any atom is 0.387 e. The highest BCUT2D eigenvalue weighted by Crippen LogP contribution is 2.29. The Bertz CT molecular complexity index is 636. The zero-order valence-electron chi connectivity index (χ0n) is 12.7. The average Bonchev–Trinajstić information content (AvgIpc) is 2.90. The molecule has 0 aliphatic carbocycles. The molecule has 1 fully saturated rings. The molecular weight excluding hydrogens is 298 g/mol. The number of alkyl halides is 2. The monoisotopic (exact) mass is 318 g/mol. The highest BCUT2D eigenvalue weighted by molar-refractivity contribution is 5.33. The molecule has 5 heteroatoms. The maximum atomic E-state index is 12.5. The van der Waals surface area contributed by atoms with E-state index in [9.17, 15) is 8.78 Å². The molecule has 1 aliphatic rings. The first-order chi connectivity index (χ1) is 11.1. The molecule has 122 valence electrons. The summed E-state index contributed by atoms with van der Waals surface area (Å²) in [5.74, 6) is 0.499. The number of ether oxygens (including phenoxy) is 1. The van der Waals surface area contributed by atoms with Crippen LogP contribution >= 0.6 is 0 Å². The van der Waals surface area contributed by atoms with Gasteiger partial charge in [-0.05, 0) is 11.6 Å². The van der Waals surface area contributed by atoms with Crippen LogP contribution in [0.1, 0.15) is 17.0 Å². The molecule has 3 rings (SSSR count). The maximum absolute atomic E-state index is 12.5. The molecule has 2 atom stereocenters. The van der Waals surface area contributed by atoms with Crippen LogP contribution < -0.4 is 10.5 Å². The number of nitrogens with two attached hydrogens (primary N) is 1. The van der Waals surface area contributed by atoms with E-state index in [0.717, 1.165) is 18.7 Å². The van der Waals surface area contributed by atoms with E-state index in [2.05, 4.69) is 21.8 Å². The molecule has 2 aromatic carbocycles. The van der Waals surface area contributed by atoms with Gasteiger partial charge in [0.25, 0.3) is 0 Å². The lowest BCUT2D eigenvalue weighted by Gasteiger charge is -2.18. The van der Waals surface area contributed by atoms with Crippen molar-refractivity contribution in [1.29, 1.82) is 0 Å². The third-order valence-electron chi connectivity index (χ3n) is 4.25. The van der Waals surface area contributed by atoms with Gasteiger partial charge >= 0.3 is 6.61 Å². The van der Waals surface area contributed by atoms with Gasteiger partial charge < -0.3 is 10.5 Å². The first-order valence-corrected chi connectivity index (χ1v) is 7.69. The van der Waals surface area contributed by atoms with Gasteiger partial charge in [-0.1, -0.05) is 48.5 Å². The van der Waals surface area contributed by atoms with E-state index in [1.54, 1.807) is 12.1 Å².